The fourth-order valence-electron chi connectivity index (χ4n) is 3.42. The molecule has 30 heavy (non-hydrogen) atoms. The van der Waals surface area contributed by atoms with Gasteiger partial charge in [0.15, 0.2) is 0 Å². The van der Waals surface area contributed by atoms with E-state index in [9.17, 15) is 0 Å². The zero-order valence-corrected chi connectivity index (χ0v) is 21.4. The minimum absolute atomic E-state index is 1.16. The monoisotopic (exact) mass is 410 g/mol. The first-order chi connectivity index (χ1) is 14.2. The van der Waals surface area contributed by atoms with Gasteiger partial charge in [0.1, 0.15) is 0 Å². The van der Waals surface area contributed by atoms with Crippen LogP contribution in [0.3, 0.4) is 0 Å². The van der Waals surface area contributed by atoms with E-state index in [1.807, 2.05) is 0 Å². The van der Waals surface area contributed by atoms with Crippen LogP contribution in [0.4, 0.5) is 0 Å². The van der Waals surface area contributed by atoms with Gasteiger partial charge in [-0.25, -0.2) is 0 Å². The summed E-state index contributed by atoms with van der Waals surface area (Å²) in [5.41, 5.74) is 8.84. The van der Waals surface area contributed by atoms with Crippen LogP contribution in [0.2, 0.25) is 0 Å². The highest BCUT2D eigenvalue weighted by molar-refractivity contribution is 5.07. The summed E-state index contributed by atoms with van der Waals surface area (Å²) in [7, 11) is 0. The maximum atomic E-state index is 3.98. The lowest BCUT2D eigenvalue weighted by Crippen LogP contribution is -1.83. The highest BCUT2D eigenvalue weighted by atomic mass is 14.0. The Morgan fingerprint density at radius 2 is 0.833 bits per heavy atom. The first kappa shape index (κ1) is 28.4. The molecule has 0 aromatic heterocycles. The molecule has 0 rings (SSSR count). The van der Waals surface area contributed by atoms with Gasteiger partial charge in [-0.05, 0) is 119 Å². The number of allylic oxidation sites excluding steroid dienone is 11. The smallest absolute Gasteiger partial charge is 0.0288 e. The van der Waals surface area contributed by atoms with E-state index in [1.165, 1.54) is 97.6 Å². The van der Waals surface area contributed by atoms with Gasteiger partial charge in [-0.2, -0.15) is 0 Å². The predicted octanol–water partition coefficient (Wildman–Crippen LogP) is 10.6. The Balaban J connectivity index is 4.02. The molecule has 0 N–H and O–H groups in total. The van der Waals surface area contributed by atoms with Gasteiger partial charge in [-0.1, -0.05) is 63.8 Å². The van der Waals surface area contributed by atoms with Crippen LogP contribution in [0, 0.1) is 0 Å². The van der Waals surface area contributed by atoms with Crippen molar-refractivity contribution in [2.24, 2.45) is 0 Å². The number of rotatable bonds is 16. The van der Waals surface area contributed by atoms with Crippen molar-refractivity contribution in [3.63, 3.8) is 0 Å². The zero-order chi connectivity index (χ0) is 22.8. The number of unbranched alkanes of at least 4 members (excludes halogenated alkanes) is 1. The van der Waals surface area contributed by atoms with Crippen LogP contribution in [-0.4, -0.2) is 0 Å². The normalized spacial score (nSPS) is 13.6. The third-order valence-corrected chi connectivity index (χ3v) is 5.48. The van der Waals surface area contributed by atoms with Crippen molar-refractivity contribution < 1.29 is 0 Å². The first-order valence-electron chi connectivity index (χ1n) is 12.1. The average molecular weight is 411 g/mol. The van der Waals surface area contributed by atoms with Crippen molar-refractivity contribution in [2.45, 2.75) is 119 Å². The molecule has 0 heterocycles. The molecule has 0 spiro atoms. The minimum atomic E-state index is 1.16. The van der Waals surface area contributed by atoms with E-state index >= 15 is 0 Å². The van der Waals surface area contributed by atoms with Gasteiger partial charge < -0.3 is 0 Å². The Bertz CT molecular complexity index is 627. The van der Waals surface area contributed by atoms with Gasteiger partial charge >= 0.3 is 0 Å². The molecule has 0 radical (unpaired) electrons. The quantitative estimate of drug-likeness (QED) is 0.175. The van der Waals surface area contributed by atoms with Gasteiger partial charge in [0.2, 0.25) is 0 Å². The van der Waals surface area contributed by atoms with Crippen LogP contribution >= 0.6 is 0 Å². The SMILES string of the molecule is C=C(C)CCCC(C)=CCCC(C)=CCCC=C(C)CCC=C(C)CCC=C(C)C. The van der Waals surface area contributed by atoms with Crippen molar-refractivity contribution in [1.82, 2.24) is 0 Å². The zero-order valence-electron chi connectivity index (χ0n) is 21.4. The highest BCUT2D eigenvalue weighted by Gasteiger charge is 1.95. The van der Waals surface area contributed by atoms with E-state index in [1.54, 1.807) is 0 Å². The van der Waals surface area contributed by atoms with E-state index in [-0.39, 0.29) is 0 Å². The maximum absolute atomic E-state index is 3.98. The van der Waals surface area contributed by atoms with Gasteiger partial charge in [0.05, 0.1) is 0 Å². The second kappa shape index (κ2) is 18.2. The molecule has 0 bridgehead atoms. The molecule has 0 aliphatic heterocycles. The average Bonchev–Trinajstić information content (AvgIpc) is 2.64. The summed E-state index contributed by atoms with van der Waals surface area (Å²) in [4.78, 5) is 0. The van der Waals surface area contributed by atoms with Crippen molar-refractivity contribution >= 4 is 0 Å². The topological polar surface area (TPSA) is 0 Å². The number of hydrogen-bond acceptors (Lipinski definition) is 0. The molecule has 0 aromatic carbocycles. The Morgan fingerprint density at radius 3 is 1.23 bits per heavy atom. The lowest BCUT2D eigenvalue weighted by Gasteiger charge is -2.03. The van der Waals surface area contributed by atoms with Crippen LogP contribution in [0.1, 0.15) is 119 Å². The molecule has 0 unspecified atom stereocenters. The minimum Gasteiger partial charge on any atom is -0.100 e. The van der Waals surface area contributed by atoms with Crippen molar-refractivity contribution in [1.29, 1.82) is 0 Å². The summed E-state index contributed by atoms with van der Waals surface area (Å²) < 4.78 is 0. The molecule has 170 valence electrons. The van der Waals surface area contributed by atoms with E-state index in [0.29, 0.717) is 0 Å². The Kier molecular flexibility index (Phi) is 17.3. The van der Waals surface area contributed by atoms with Gasteiger partial charge in [-0.15, -0.1) is 6.58 Å². The Morgan fingerprint density at radius 1 is 0.467 bits per heavy atom. The summed E-state index contributed by atoms with van der Waals surface area (Å²) in [5, 5.41) is 0. The van der Waals surface area contributed by atoms with Crippen molar-refractivity contribution in [3.8, 4) is 0 Å². The molecule has 0 nitrogen and oxygen atoms in total. The van der Waals surface area contributed by atoms with Crippen LogP contribution in [-0.2, 0) is 0 Å². The second-order valence-corrected chi connectivity index (χ2v) is 9.49. The Hall–Kier alpha value is -1.56. The highest BCUT2D eigenvalue weighted by Crippen LogP contribution is 2.15. The third kappa shape index (κ3) is 19.7. The van der Waals surface area contributed by atoms with Crippen LogP contribution in [0.25, 0.3) is 0 Å². The fourth-order valence-corrected chi connectivity index (χ4v) is 3.42. The van der Waals surface area contributed by atoms with E-state index in [2.05, 4.69) is 85.4 Å². The van der Waals surface area contributed by atoms with Gasteiger partial charge in [0.25, 0.3) is 0 Å². The van der Waals surface area contributed by atoms with Crippen LogP contribution in [0.15, 0.2) is 70.4 Å². The second-order valence-electron chi connectivity index (χ2n) is 9.49. The fraction of sp³-hybridized carbons (Fsp3) is 0.600. The van der Waals surface area contributed by atoms with Gasteiger partial charge in [0, 0.05) is 0 Å². The predicted molar refractivity (Wildman–Crippen MR) is 140 cm³/mol. The summed E-state index contributed by atoms with van der Waals surface area (Å²) in [6.45, 7) is 19.6. The molecule has 0 atom stereocenters. The molecule has 0 amide bonds. The standard InChI is InChI=1S/C30H50/c1-25(2)15-11-19-29(7)23-13-21-27(5)17-9-10-18-28(6)22-14-24-30(8)20-12-16-26(3)4/h16-18,23-24H,1,9-15,19-22H2,2-8H3. The molecule has 0 saturated carbocycles. The molecule has 0 aromatic rings. The summed E-state index contributed by atoms with van der Waals surface area (Å²) in [6.07, 6.45) is 25.1. The summed E-state index contributed by atoms with van der Waals surface area (Å²) in [6, 6.07) is 0. The first-order valence-corrected chi connectivity index (χ1v) is 12.1. The summed E-state index contributed by atoms with van der Waals surface area (Å²) >= 11 is 0. The molecule has 0 aliphatic rings. The van der Waals surface area contributed by atoms with Crippen molar-refractivity contribution in [3.05, 3.63) is 70.4 Å². The van der Waals surface area contributed by atoms with E-state index in [0.717, 1.165) is 6.42 Å². The van der Waals surface area contributed by atoms with E-state index < -0.39 is 0 Å². The van der Waals surface area contributed by atoms with Crippen LogP contribution in [0.5, 0.6) is 0 Å². The lowest BCUT2D eigenvalue weighted by atomic mass is 10.0. The molecule has 0 fully saturated rings. The van der Waals surface area contributed by atoms with Gasteiger partial charge in [-0.3, -0.25) is 0 Å². The maximum Gasteiger partial charge on any atom is -0.0288 e. The lowest BCUT2D eigenvalue weighted by molar-refractivity contribution is 0.798. The van der Waals surface area contributed by atoms with Crippen molar-refractivity contribution in [2.75, 3.05) is 0 Å². The third-order valence-electron chi connectivity index (χ3n) is 5.48. The molecular formula is C30H50. The summed E-state index contributed by atoms with van der Waals surface area (Å²) in [5.74, 6) is 0. The van der Waals surface area contributed by atoms with E-state index in [4.69, 9.17) is 0 Å². The number of hydrogen-bond donors (Lipinski definition) is 0. The molecule has 0 saturated heterocycles. The molecule has 0 heteroatoms. The Labute approximate surface area is 189 Å². The molecular weight excluding hydrogens is 360 g/mol. The largest absolute Gasteiger partial charge is 0.100 e. The van der Waals surface area contributed by atoms with Crippen LogP contribution < -0.4 is 0 Å². The molecule has 0 aliphatic carbocycles.